The molecule has 1 fully saturated rings. The van der Waals surface area contributed by atoms with Crippen molar-refractivity contribution in [1.29, 1.82) is 0 Å². The van der Waals surface area contributed by atoms with Crippen LogP contribution in [-0.2, 0) is 6.54 Å². The average Bonchev–Trinajstić information content (AvgIpc) is 3.42. The highest BCUT2D eigenvalue weighted by atomic mass is 32.2. The Morgan fingerprint density at radius 1 is 1.09 bits per heavy atom. The number of halogens is 1. The summed E-state index contributed by atoms with van der Waals surface area (Å²) < 4.78 is 19.7. The summed E-state index contributed by atoms with van der Waals surface area (Å²) in [5, 5.41) is 10.1. The Bertz CT molecular complexity index is 1200. The molecule has 0 bridgehead atoms. The Hall–Kier alpha value is -2.64. The molecule has 7 heteroatoms. The highest BCUT2D eigenvalue weighted by Crippen LogP contribution is 2.37. The molecule has 1 unspecified atom stereocenters. The average molecular weight is 450 g/mol. The van der Waals surface area contributed by atoms with E-state index < -0.39 is 0 Å². The first-order chi connectivity index (χ1) is 15.6. The van der Waals surface area contributed by atoms with E-state index in [0.29, 0.717) is 12.0 Å². The second-order valence-electron chi connectivity index (χ2n) is 8.59. The predicted octanol–water partition coefficient (Wildman–Crippen LogP) is 6.05. The topological polar surface area (TPSA) is 38.9 Å². The first-order valence-electron chi connectivity index (χ1n) is 11.3. The van der Waals surface area contributed by atoms with Gasteiger partial charge in [-0.15, -0.1) is 0 Å². The fourth-order valence-electron chi connectivity index (χ4n) is 4.56. The summed E-state index contributed by atoms with van der Waals surface area (Å²) in [6.07, 6.45) is 9.41. The number of aromatic nitrogens is 4. The molecule has 5 nitrogen and oxygen atoms in total. The van der Waals surface area contributed by atoms with Crippen LogP contribution in [0.3, 0.4) is 0 Å². The lowest BCUT2D eigenvalue weighted by Gasteiger charge is -2.36. The Kier molecular flexibility index (Phi) is 6.02. The molecular weight excluding hydrogens is 421 g/mol. The third-order valence-electron chi connectivity index (χ3n) is 6.23. The Morgan fingerprint density at radius 3 is 2.72 bits per heavy atom. The molecule has 0 N–H and O–H groups in total. The number of hydrogen-bond acceptors (Lipinski definition) is 4. The molecule has 0 radical (unpaired) electrons. The van der Waals surface area contributed by atoms with Crippen molar-refractivity contribution in [3.63, 3.8) is 0 Å². The molecule has 1 aliphatic heterocycles. The van der Waals surface area contributed by atoms with Crippen molar-refractivity contribution in [3.05, 3.63) is 72.4 Å². The summed E-state index contributed by atoms with van der Waals surface area (Å²) in [6, 6.07) is 13.6. The van der Waals surface area contributed by atoms with E-state index >= 15 is 0 Å². The van der Waals surface area contributed by atoms with Gasteiger partial charge in [0, 0.05) is 30.7 Å². The van der Waals surface area contributed by atoms with Crippen molar-refractivity contribution in [3.8, 4) is 5.69 Å². The van der Waals surface area contributed by atoms with E-state index in [-0.39, 0.29) is 5.82 Å². The Balaban J connectivity index is 1.28. The predicted molar refractivity (Wildman–Crippen MR) is 128 cm³/mol. The maximum Gasteiger partial charge on any atom is 0.123 e. The number of nitrogens with zero attached hydrogens (tertiary/aromatic N) is 5. The van der Waals surface area contributed by atoms with Gasteiger partial charge in [0.1, 0.15) is 5.82 Å². The first kappa shape index (κ1) is 21.2. The van der Waals surface area contributed by atoms with Crippen molar-refractivity contribution in [2.24, 2.45) is 0 Å². The van der Waals surface area contributed by atoms with Crippen molar-refractivity contribution in [2.45, 2.75) is 56.5 Å². The third kappa shape index (κ3) is 4.32. The van der Waals surface area contributed by atoms with Gasteiger partial charge in [-0.05, 0) is 86.0 Å². The number of benzene rings is 2. The van der Waals surface area contributed by atoms with E-state index in [4.69, 9.17) is 0 Å². The summed E-state index contributed by atoms with van der Waals surface area (Å²) >= 11 is 1.83. The van der Waals surface area contributed by atoms with Crippen LogP contribution in [0.1, 0.15) is 44.6 Å². The molecule has 2 aromatic carbocycles. The molecule has 166 valence electrons. The van der Waals surface area contributed by atoms with Gasteiger partial charge >= 0.3 is 0 Å². The van der Waals surface area contributed by atoms with Crippen LogP contribution in [0.25, 0.3) is 16.6 Å². The van der Waals surface area contributed by atoms with Gasteiger partial charge in [-0.3, -0.25) is 4.68 Å². The van der Waals surface area contributed by atoms with Crippen molar-refractivity contribution in [1.82, 2.24) is 23.9 Å². The van der Waals surface area contributed by atoms with Crippen LogP contribution in [-0.4, -0.2) is 36.5 Å². The highest BCUT2D eigenvalue weighted by molar-refractivity contribution is 7.97. The van der Waals surface area contributed by atoms with Crippen LogP contribution in [0, 0.1) is 5.82 Å². The number of rotatable bonds is 6. The van der Waals surface area contributed by atoms with Crippen LogP contribution < -0.4 is 0 Å². The van der Waals surface area contributed by atoms with E-state index in [1.807, 2.05) is 33.7 Å². The van der Waals surface area contributed by atoms with Gasteiger partial charge in [0.15, 0.2) is 0 Å². The molecule has 0 amide bonds. The van der Waals surface area contributed by atoms with Gasteiger partial charge in [0.2, 0.25) is 0 Å². The minimum Gasteiger partial charge on any atom is -0.272 e. The Labute approximate surface area is 192 Å². The second-order valence-corrected chi connectivity index (χ2v) is 9.72. The molecule has 2 aromatic heterocycles. The molecule has 0 aliphatic carbocycles. The molecular formula is C25H28FN5S. The molecule has 4 aromatic rings. The van der Waals surface area contributed by atoms with E-state index in [1.165, 1.54) is 22.6 Å². The van der Waals surface area contributed by atoms with Crippen molar-refractivity contribution < 1.29 is 4.39 Å². The van der Waals surface area contributed by atoms with Gasteiger partial charge in [0.25, 0.3) is 0 Å². The lowest BCUT2D eigenvalue weighted by Crippen LogP contribution is -2.35. The van der Waals surface area contributed by atoms with E-state index in [0.717, 1.165) is 48.9 Å². The lowest BCUT2D eigenvalue weighted by atomic mass is 9.86. The summed E-state index contributed by atoms with van der Waals surface area (Å²) in [5.41, 5.74) is 3.30. The van der Waals surface area contributed by atoms with Crippen LogP contribution in [0.4, 0.5) is 4.39 Å². The number of piperidine rings is 1. The fourth-order valence-corrected chi connectivity index (χ4v) is 5.56. The number of fused-ring (bicyclic) bond motifs is 1. The third-order valence-corrected chi connectivity index (χ3v) is 7.43. The minimum atomic E-state index is -0.235. The minimum absolute atomic E-state index is 0.235. The molecule has 32 heavy (non-hydrogen) atoms. The van der Waals surface area contributed by atoms with Gasteiger partial charge in [-0.1, -0.05) is 13.0 Å². The summed E-state index contributed by atoms with van der Waals surface area (Å²) in [5.74, 6) is 0.309. The summed E-state index contributed by atoms with van der Waals surface area (Å²) in [6.45, 7) is 6.52. The molecule has 0 saturated carbocycles. The zero-order valence-electron chi connectivity index (χ0n) is 18.5. The molecule has 0 spiro atoms. The zero-order valence-corrected chi connectivity index (χ0v) is 19.3. The highest BCUT2D eigenvalue weighted by Gasteiger charge is 2.27. The molecule has 2 atom stereocenters. The van der Waals surface area contributed by atoms with Gasteiger partial charge in [-0.25, -0.2) is 13.4 Å². The standard InChI is InChI=1S/C25H28FN5S/c1-3-11-29-17-24(16-27-29)32-30-12-10-20(13-18(30)2)19-4-9-25-21(14-19)15-28-31(25)23-7-5-22(26)6-8-23/h4-9,14-18,20H,3,10-13H2,1-2H3/t18-,20?/m1/s1. The maximum absolute atomic E-state index is 13.3. The van der Waals surface area contributed by atoms with E-state index in [1.54, 1.807) is 12.1 Å². The first-order valence-corrected chi connectivity index (χ1v) is 12.1. The quantitative estimate of drug-likeness (QED) is 0.336. The maximum atomic E-state index is 13.3. The van der Waals surface area contributed by atoms with E-state index in [9.17, 15) is 4.39 Å². The monoisotopic (exact) mass is 449 g/mol. The van der Waals surface area contributed by atoms with Crippen LogP contribution in [0.5, 0.6) is 0 Å². The Morgan fingerprint density at radius 2 is 1.94 bits per heavy atom. The number of hydrogen-bond donors (Lipinski definition) is 0. The second kappa shape index (κ2) is 9.08. The van der Waals surface area contributed by atoms with Gasteiger partial charge in [0.05, 0.1) is 28.5 Å². The van der Waals surface area contributed by atoms with E-state index in [2.05, 4.69) is 52.7 Å². The van der Waals surface area contributed by atoms with Crippen LogP contribution >= 0.6 is 11.9 Å². The van der Waals surface area contributed by atoms with Crippen molar-refractivity contribution in [2.75, 3.05) is 6.54 Å². The molecule has 1 saturated heterocycles. The summed E-state index contributed by atoms with van der Waals surface area (Å²) in [7, 11) is 0. The zero-order chi connectivity index (χ0) is 22.1. The largest absolute Gasteiger partial charge is 0.272 e. The van der Waals surface area contributed by atoms with Gasteiger partial charge < -0.3 is 0 Å². The molecule has 1 aliphatic rings. The van der Waals surface area contributed by atoms with Crippen LogP contribution in [0.2, 0.25) is 0 Å². The number of aryl methyl sites for hydroxylation is 1. The normalized spacial score (nSPS) is 19.6. The smallest absolute Gasteiger partial charge is 0.123 e. The van der Waals surface area contributed by atoms with Crippen molar-refractivity contribution >= 4 is 22.9 Å². The lowest BCUT2D eigenvalue weighted by molar-refractivity contribution is 0.266. The van der Waals surface area contributed by atoms with Gasteiger partial charge in [-0.2, -0.15) is 10.2 Å². The summed E-state index contributed by atoms with van der Waals surface area (Å²) in [4.78, 5) is 1.22. The molecule has 3 heterocycles. The SMILES string of the molecule is CCCn1cc(SN2CCC(c3ccc4c(cnn4-c4ccc(F)cc4)c3)C[C@H]2C)cn1. The molecule has 5 rings (SSSR count). The van der Waals surface area contributed by atoms with Crippen LogP contribution in [0.15, 0.2) is 66.0 Å². The fraction of sp³-hybridized carbons (Fsp3) is 0.360.